The fourth-order valence-corrected chi connectivity index (χ4v) is 4.40. The average molecular weight is 624 g/mol. The largest absolute Gasteiger partial charge is 0.534 e. The van der Waals surface area contributed by atoms with Crippen molar-refractivity contribution in [2.45, 2.75) is 55.9 Å². The highest BCUT2D eigenvalue weighted by atomic mass is 32.2. The molecule has 1 aliphatic carbocycles. The van der Waals surface area contributed by atoms with Gasteiger partial charge in [-0.25, -0.2) is 9.59 Å². The normalized spacial score (nSPS) is 15.0. The van der Waals surface area contributed by atoms with Gasteiger partial charge in [0.15, 0.2) is 0 Å². The summed E-state index contributed by atoms with van der Waals surface area (Å²) in [6, 6.07) is 4.47. The van der Waals surface area contributed by atoms with E-state index in [1.165, 1.54) is 6.07 Å². The predicted octanol–water partition coefficient (Wildman–Crippen LogP) is 7.17. The van der Waals surface area contributed by atoms with E-state index in [2.05, 4.69) is 8.92 Å². The second-order valence-corrected chi connectivity index (χ2v) is 10.2. The number of carboxylic acid groups (broad SMARTS) is 1. The molecule has 0 radical (unpaired) electrons. The maximum absolute atomic E-state index is 12.9. The molecule has 0 amide bonds. The van der Waals surface area contributed by atoms with Gasteiger partial charge in [-0.1, -0.05) is 25.3 Å². The molecular weight excluding hydrogens is 603 g/mol. The second-order valence-electron chi connectivity index (χ2n) is 8.62. The van der Waals surface area contributed by atoms with Crippen molar-refractivity contribution < 1.29 is 71.5 Å². The molecular formula is C24H21F9O7S. The van der Waals surface area contributed by atoms with Gasteiger partial charge in [0.25, 0.3) is 0 Å². The van der Waals surface area contributed by atoms with Gasteiger partial charge in [0.1, 0.15) is 5.75 Å². The van der Waals surface area contributed by atoms with Crippen molar-refractivity contribution >= 4 is 22.1 Å². The summed E-state index contributed by atoms with van der Waals surface area (Å²) in [6.07, 6.45) is -4.86. The van der Waals surface area contributed by atoms with Crippen LogP contribution in [-0.4, -0.2) is 38.1 Å². The van der Waals surface area contributed by atoms with Gasteiger partial charge >= 0.3 is 39.9 Å². The lowest BCUT2D eigenvalue weighted by molar-refractivity contribution is -0.138. The molecule has 1 saturated carbocycles. The summed E-state index contributed by atoms with van der Waals surface area (Å²) in [5.41, 5.74) is -9.62. The molecule has 0 spiro atoms. The Labute approximate surface area is 227 Å². The maximum atomic E-state index is 12.9. The molecule has 1 aliphatic rings. The molecule has 2 aromatic rings. The summed E-state index contributed by atoms with van der Waals surface area (Å²) < 4.78 is 142. The van der Waals surface area contributed by atoms with E-state index in [1.807, 2.05) is 0 Å². The molecule has 0 bridgehead atoms. The minimum atomic E-state index is -6.14. The Balaban J connectivity index is 0.000000289. The molecule has 0 unspecified atom stereocenters. The number of carbonyl (C=O) groups excluding carboxylic acids is 1. The van der Waals surface area contributed by atoms with Crippen LogP contribution >= 0.6 is 0 Å². The number of halogens is 9. The lowest BCUT2D eigenvalue weighted by Crippen LogP contribution is -2.28. The van der Waals surface area contributed by atoms with Crippen LogP contribution in [0.15, 0.2) is 36.4 Å². The molecule has 3 rings (SSSR count). The van der Waals surface area contributed by atoms with E-state index in [4.69, 9.17) is 5.11 Å². The average Bonchev–Trinajstić information content (AvgIpc) is 2.87. The SMILES string of the molecule is COC(=O)c1ccc(OS(=O)(=O)C(F)(F)F)cc1C(F)(F)F.O=C(O)c1ccc(C2CCCCC2)cc1C(F)(F)F. The monoisotopic (exact) mass is 624 g/mol. The Morgan fingerprint density at radius 3 is 1.78 bits per heavy atom. The van der Waals surface area contributed by atoms with E-state index in [0.717, 1.165) is 51.3 Å². The minimum Gasteiger partial charge on any atom is -0.478 e. The van der Waals surface area contributed by atoms with Crippen LogP contribution in [-0.2, 0) is 27.2 Å². The summed E-state index contributed by atoms with van der Waals surface area (Å²) in [6.45, 7) is 0. The molecule has 0 atom stereocenters. The first-order valence-electron chi connectivity index (χ1n) is 11.4. The van der Waals surface area contributed by atoms with E-state index < -0.39 is 67.9 Å². The van der Waals surface area contributed by atoms with Crippen molar-refractivity contribution in [1.29, 1.82) is 0 Å². The first kappa shape index (κ1) is 33.7. The Morgan fingerprint density at radius 2 is 1.32 bits per heavy atom. The number of esters is 1. The van der Waals surface area contributed by atoms with Gasteiger partial charge in [0.05, 0.1) is 29.4 Å². The van der Waals surface area contributed by atoms with E-state index in [9.17, 15) is 57.5 Å². The highest BCUT2D eigenvalue weighted by Gasteiger charge is 2.49. The lowest BCUT2D eigenvalue weighted by atomic mass is 9.83. The van der Waals surface area contributed by atoms with Crippen LogP contribution in [0.5, 0.6) is 5.75 Å². The van der Waals surface area contributed by atoms with Crippen LogP contribution in [0.25, 0.3) is 0 Å². The van der Waals surface area contributed by atoms with Crippen molar-refractivity contribution in [3.05, 3.63) is 64.2 Å². The number of hydrogen-bond acceptors (Lipinski definition) is 6. The number of carboxylic acids is 1. The highest BCUT2D eigenvalue weighted by molar-refractivity contribution is 7.88. The third kappa shape index (κ3) is 8.74. The van der Waals surface area contributed by atoms with Crippen LogP contribution in [0.4, 0.5) is 39.5 Å². The van der Waals surface area contributed by atoms with Gasteiger partial charge in [-0.2, -0.15) is 47.9 Å². The molecule has 0 aromatic heterocycles. The molecule has 2 aromatic carbocycles. The third-order valence-electron chi connectivity index (χ3n) is 5.85. The number of ether oxygens (including phenoxy) is 1. The number of aromatic carboxylic acids is 1. The standard InChI is InChI=1S/C14H15F3O2.C10H6F6O5S/c15-14(16,17)12-8-10(6-7-11(12)13(18)19)9-4-2-1-3-5-9;1-20-8(17)6-3-2-5(4-7(6)9(11,12)13)21-22(18,19)10(14,15)16/h6-9H,1-5H2,(H,18,19);2-4H,1H3. The number of benzene rings is 2. The van der Waals surface area contributed by atoms with Crippen molar-refractivity contribution in [2.24, 2.45) is 0 Å². The molecule has 7 nitrogen and oxygen atoms in total. The zero-order valence-electron chi connectivity index (χ0n) is 20.8. The van der Waals surface area contributed by atoms with Crippen molar-refractivity contribution in [2.75, 3.05) is 7.11 Å². The van der Waals surface area contributed by atoms with Crippen molar-refractivity contribution in [1.82, 2.24) is 0 Å². The molecule has 1 N–H and O–H groups in total. The van der Waals surface area contributed by atoms with Crippen LogP contribution in [0, 0.1) is 0 Å². The lowest BCUT2D eigenvalue weighted by Gasteiger charge is -2.23. The van der Waals surface area contributed by atoms with Crippen LogP contribution in [0.2, 0.25) is 0 Å². The smallest absolute Gasteiger partial charge is 0.478 e. The summed E-state index contributed by atoms with van der Waals surface area (Å²) in [7, 11) is -5.34. The fourth-order valence-electron chi connectivity index (χ4n) is 3.94. The molecule has 17 heteroatoms. The van der Waals surface area contributed by atoms with Gasteiger partial charge in [-0.05, 0) is 54.7 Å². The topological polar surface area (TPSA) is 107 Å². The van der Waals surface area contributed by atoms with Crippen molar-refractivity contribution in [3.63, 3.8) is 0 Å². The fraction of sp³-hybridized carbons (Fsp3) is 0.417. The summed E-state index contributed by atoms with van der Waals surface area (Å²) in [5, 5.41) is 8.83. The maximum Gasteiger partial charge on any atom is 0.534 e. The number of rotatable bonds is 5. The van der Waals surface area contributed by atoms with Gasteiger partial charge in [0.2, 0.25) is 0 Å². The Bertz CT molecular complexity index is 1360. The third-order valence-corrected chi connectivity index (χ3v) is 6.83. The first-order chi connectivity index (χ1) is 18.7. The molecule has 0 heterocycles. The zero-order chi connectivity index (χ0) is 31.4. The molecule has 228 valence electrons. The Kier molecular flexibility index (Phi) is 10.3. The van der Waals surface area contributed by atoms with Gasteiger partial charge < -0.3 is 14.0 Å². The summed E-state index contributed by atoms with van der Waals surface area (Å²) in [4.78, 5) is 22.0. The van der Waals surface area contributed by atoms with Gasteiger partial charge in [-0.15, -0.1) is 0 Å². The van der Waals surface area contributed by atoms with Gasteiger partial charge in [0, 0.05) is 0 Å². The summed E-state index contributed by atoms with van der Waals surface area (Å²) >= 11 is 0. The second kappa shape index (κ2) is 12.6. The minimum absolute atomic E-state index is 0.0461. The Morgan fingerprint density at radius 1 is 0.805 bits per heavy atom. The number of methoxy groups -OCH3 is 1. The number of carbonyl (C=O) groups is 2. The molecule has 41 heavy (non-hydrogen) atoms. The Hall–Kier alpha value is -3.50. The van der Waals surface area contributed by atoms with E-state index in [1.54, 1.807) is 0 Å². The van der Waals surface area contributed by atoms with Crippen LogP contribution in [0.1, 0.15) is 75.4 Å². The molecule has 0 saturated heterocycles. The zero-order valence-corrected chi connectivity index (χ0v) is 21.6. The van der Waals surface area contributed by atoms with Crippen molar-refractivity contribution in [3.8, 4) is 5.75 Å². The highest BCUT2D eigenvalue weighted by Crippen LogP contribution is 2.38. The molecule has 0 aliphatic heterocycles. The van der Waals surface area contributed by atoms with E-state index in [0.29, 0.717) is 17.7 Å². The first-order valence-corrected chi connectivity index (χ1v) is 12.8. The predicted molar refractivity (Wildman–Crippen MR) is 123 cm³/mol. The number of hydrogen-bond donors (Lipinski definition) is 1. The van der Waals surface area contributed by atoms with Crippen LogP contribution < -0.4 is 4.18 Å². The molecule has 1 fully saturated rings. The van der Waals surface area contributed by atoms with E-state index >= 15 is 0 Å². The van der Waals surface area contributed by atoms with Crippen LogP contribution in [0.3, 0.4) is 0 Å². The number of alkyl halides is 9. The van der Waals surface area contributed by atoms with Gasteiger partial charge in [-0.3, -0.25) is 0 Å². The quantitative estimate of drug-likeness (QED) is 0.163. The summed E-state index contributed by atoms with van der Waals surface area (Å²) in [5.74, 6) is -4.07. The van der Waals surface area contributed by atoms with E-state index in [-0.39, 0.29) is 12.0 Å².